The average Bonchev–Trinajstić information content (AvgIpc) is 3.75. The van der Waals surface area contributed by atoms with E-state index in [1.54, 1.807) is 0 Å². The maximum atomic E-state index is 11.2. The van der Waals surface area contributed by atoms with E-state index in [2.05, 4.69) is 100 Å². The Labute approximate surface area is 349 Å². The van der Waals surface area contributed by atoms with E-state index >= 15 is 0 Å². The third-order valence-electron chi connectivity index (χ3n) is 11.7. The standard InChI is InChI=1S/C41H53NO.2CH3.4ClH.2Zr/c1-40(2,3)37-27-29(26-30(39(37)43)28-42-32-19-6-5-7-20-32)16-14-15-25-41(4,31-17-8-9-18-31)38-35-23-12-10-21-33(35)34-22-11-13-24-36(34)38;;;;;;;;/h10-13,21-24,26-28,31-36,38,43H,5-9,15,17-20,25H2,1-4H3;2*1H3;4*1H;;/q;2*-1;;;;;+2;+4/p-4. The Morgan fingerprint density at radius 3 is 1.82 bits per heavy atom. The third-order valence-corrected chi connectivity index (χ3v) is 11.7. The molecule has 8 heteroatoms. The van der Waals surface area contributed by atoms with Gasteiger partial charge in [-0.2, -0.15) is 0 Å². The summed E-state index contributed by atoms with van der Waals surface area (Å²) in [4.78, 5) is 4.91. The molecule has 1 N–H and O–H groups in total. The maximum absolute atomic E-state index is 11.2. The molecule has 3 fully saturated rings. The first-order valence-corrected chi connectivity index (χ1v) is 30.8. The zero-order chi connectivity index (χ0) is 35.4. The number of phenolic OH excluding ortho intramolecular Hbond substituents is 1. The van der Waals surface area contributed by atoms with Crippen LogP contribution in [-0.4, -0.2) is 17.4 Å². The van der Waals surface area contributed by atoms with Gasteiger partial charge in [-0.3, -0.25) is 4.99 Å². The van der Waals surface area contributed by atoms with Gasteiger partial charge >= 0.3 is 75.7 Å². The van der Waals surface area contributed by atoms with Crippen LogP contribution in [0.15, 0.2) is 65.7 Å². The van der Waals surface area contributed by atoms with Gasteiger partial charge in [-0.05, 0) is 90.6 Å². The molecule has 0 saturated heterocycles. The first-order valence-electron chi connectivity index (χ1n) is 18.1. The molecule has 5 aliphatic carbocycles. The SMILES string of the molecule is CC(C)(C)c1cc(C#CCCC(C)(C2CCCC2)C2C3C=CC=CC3C3C=CC=CC32)cc(C=NC2CCCCC2)c1O.[CH3-].[CH3-].[Cl][Zr+2][Cl].[Cl][Zr][Cl]. The average molecular weight is 930 g/mol. The van der Waals surface area contributed by atoms with Gasteiger partial charge in [0.25, 0.3) is 0 Å². The van der Waals surface area contributed by atoms with Crippen LogP contribution in [0.4, 0.5) is 0 Å². The number of rotatable bonds is 6. The zero-order valence-electron chi connectivity index (χ0n) is 31.6. The molecule has 0 spiro atoms. The molecule has 5 unspecified atom stereocenters. The zero-order valence-corrected chi connectivity index (χ0v) is 39.5. The van der Waals surface area contributed by atoms with Crippen molar-refractivity contribution < 1.29 is 46.8 Å². The van der Waals surface area contributed by atoms with Gasteiger partial charge in [0.2, 0.25) is 0 Å². The molecule has 0 bridgehead atoms. The molecule has 6 rings (SSSR count). The fraction of sp³-hybridized carbons (Fsp3) is 0.558. The number of allylic oxidation sites excluding steroid dienone is 8. The molecule has 51 heavy (non-hydrogen) atoms. The molecule has 3 saturated carbocycles. The molecule has 0 amide bonds. The van der Waals surface area contributed by atoms with Crippen LogP contribution < -0.4 is 0 Å². The summed E-state index contributed by atoms with van der Waals surface area (Å²) in [5.41, 5.74) is 2.86. The molecule has 0 aromatic heterocycles. The van der Waals surface area contributed by atoms with Gasteiger partial charge in [-0.15, -0.1) is 0 Å². The number of halogens is 4. The minimum atomic E-state index is -0.826. The number of phenols is 1. The molecule has 2 nitrogen and oxygen atoms in total. The predicted molar refractivity (Wildman–Crippen MR) is 218 cm³/mol. The van der Waals surface area contributed by atoms with E-state index in [0.29, 0.717) is 41.4 Å². The number of fused-ring (bicyclic) bond motifs is 3. The van der Waals surface area contributed by atoms with Crippen LogP contribution in [-0.2, 0) is 47.1 Å². The Hall–Kier alpha value is 0.136. The van der Waals surface area contributed by atoms with Gasteiger partial charge in [0.05, 0.1) is 0 Å². The van der Waals surface area contributed by atoms with Crippen LogP contribution in [0.5, 0.6) is 5.75 Å². The van der Waals surface area contributed by atoms with Crippen molar-refractivity contribution in [1.82, 2.24) is 0 Å². The second-order valence-corrected chi connectivity index (χ2v) is 23.1. The summed E-state index contributed by atoms with van der Waals surface area (Å²) in [7, 11) is 19.7. The number of aliphatic imine (C=N–C) groups is 1. The number of hydrogen-bond donors (Lipinski definition) is 1. The van der Waals surface area contributed by atoms with Gasteiger partial charge < -0.3 is 20.0 Å². The summed E-state index contributed by atoms with van der Waals surface area (Å²) in [6, 6.07) is 4.55. The molecule has 0 aliphatic heterocycles. The normalized spacial score (nSPS) is 26.0. The molecular formula is C43H59Cl4NOZr2. The number of benzene rings is 1. The summed E-state index contributed by atoms with van der Waals surface area (Å²) >= 11 is -1.65. The van der Waals surface area contributed by atoms with E-state index in [1.807, 2.05) is 6.21 Å². The van der Waals surface area contributed by atoms with Crippen molar-refractivity contribution in [3.05, 3.63) is 92.3 Å². The van der Waals surface area contributed by atoms with Crippen LogP contribution in [0.25, 0.3) is 0 Å². The van der Waals surface area contributed by atoms with Crippen LogP contribution in [0.1, 0.15) is 115 Å². The second-order valence-electron chi connectivity index (χ2n) is 15.6. The van der Waals surface area contributed by atoms with Crippen molar-refractivity contribution in [3.8, 4) is 17.6 Å². The molecule has 0 heterocycles. The van der Waals surface area contributed by atoms with Crippen molar-refractivity contribution in [1.29, 1.82) is 0 Å². The van der Waals surface area contributed by atoms with Crippen LogP contribution >= 0.6 is 34.1 Å². The molecule has 1 aromatic rings. The van der Waals surface area contributed by atoms with E-state index in [-0.39, 0.29) is 25.7 Å². The van der Waals surface area contributed by atoms with E-state index in [9.17, 15) is 5.11 Å². The number of hydrogen-bond acceptors (Lipinski definition) is 2. The molecule has 5 aliphatic rings. The molecule has 0 radical (unpaired) electrons. The first kappa shape index (κ1) is 47.3. The van der Waals surface area contributed by atoms with E-state index in [0.717, 1.165) is 48.3 Å². The van der Waals surface area contributed by atoms with Crippen molar-refractivity contribution in [3.63, 3.8) is 0 Å². The first-order chi connectivity index (χ1) is 23.6. The quantitative estimate of drug-likeness (QED) is 0.172. The van der Waals surface area contributed by atoms with E-state index < -0.39 is 41.7 Å². The number of aromatic hydroxyl groups is 1. The van der Waals surface area contributed by atoms with Gasteiger partial charge in [0.1, 0.15) is 5.75 Å². The Morgan fingerprint density at radius 1 is 0.824 bits per heavy atom. The molecule has 278 valence electrons. The van der Waals surface area contributed by atoms with Gasteiger partial charge in [0, 0.05) is 35.4 Å². The molecule has 5 atom stereocenters. The van der Waals surface area contributed by atoms with E-state index in [1.165, 1.54) is 44.9 Å². The molecule has 1 aromatic carbocycles. The fourth-order valence-electron chi connectivity index (χ4n) is 9.45. The predicted octanol–water partition coefficient (Wildman–Crippen LogP) is 13.8. The minimum absolute atomic E-state index is 0. The van der Waals surface area contributed by atoms with Crippen molar-refractivity contribution in [2.24, 2.45) is 45.9 Å². The van der Waals surface area contributed by atoms with Gasteiger partial charge in [-0.1, -0.05) is 120 Å². The van der Waals surface area contributed by atoms with Crippen LogP contribution in [0, 0.1) is 67.6 Å². The van der Waals surface area contributed by atoms with Crippen LogP contribution in [0.3, 0.4) is 0 Å². The summed E-state index contributed by atoms with van der Waals surface area (Å²) in [5, 5.41) is 11.2. The Balaban J connectivity index is 0.00000105. The Bertz CT molecular complexity index is 1390. The van der Waals surface area contributed by atoms with Crippen molar-refractivity contribution >= 4 is 40.3 Å². The van der Waals surface area contributed by atoms with Crippen molar-refractivity contribution in [2.45, 2.75) is 110 Å². The summed E-state index contributed by atoms with van der Waals surface area (Å²) in [6.45, 7) is 9.13. The monoisotopic (exact) mass is 925 g/mol. The summed E-state index contributed by atoms with van der Waals surface area (Å²) < 4.78 is 0. The van der Waals surface area contributed by atoms with Crippen molar-refractivity contribution in [2.75, 3.05) is 0 Å². The Morgan fingerprint density at radius 2 is 1.31 bits per heavy atom. The van der Waals surface area contributed by atoms with Crippen LogP contribution in [0.2, 0.25) is 0 Å². The Kier molecular flexibility index (Phi) is 21.6. The van der Waals surface area contributed by atoms with E-state index in [4.69, 9.17) is 39.0 Å². The molecular weight excluding hydrogens is 871 g/mol. The summed E-state index contributed by atoms with van der Waals surface area (Å²) in [6.07, 6.45) is 34.9. The van der Waals surface area contributed by atoms with Gasteiger partial charge in [0.15, 0.2) is 0 Å². The fourth-order valence-corrected chi connectivity index (χ4v) is 9.45. The summed E-state index contributed by atoms with van der Waals surface area (Å²) in [5.74, 6) is 11.5. The second kappa shape index (κ2) is 23.3. The number of nitrogens with zero attached hydrogens (tertiary/aromatic N) is 1. The third kappa shape index (κ3) is 12.6. The topological polar surface area (TPSA) is 32.6 Å². The van der Waals surface area contributed by atoms with Gasteiger partial charge in [-0.25, -0.2) is 0 Å².